The molecule has 2 aliphatic heterocycles. The molecular formula is C19H27N5O. The first-order valence-electron chi connectivity index (χ1n) is 9.37. The number of piperidine rings is 1. The highest BCUT2D eigenvalue weighted by Crippen LogP contribution is 2.30. The van der Waals surface area contributed by atoms with Crippen molar-refractivity contribution in [2.45, 2.75) is 45.0 Å². The summed E-state index contributed by atoms with van der Waals surface area (Å²) >= 11 is 0. The van der Waals surface area contributed by atoms with Crippen LogP contribution in [-0.4, -0.2) is 44.4 Å². The van der Waals surface area contributed by atoms with Crippen LogP contribution in [0.1, 0.15) is 42.4 Å². The number of aryl methyl sites for hydroxylation is 1. The number of nitrogens with zero attached hydrogens (tertiary/aromatic N) is 4. The Morgan fingerprint density at radius 2 is 2.12 bits per heavy atom. The van der Waals surface area contributed by atoms with E-state index in [0.717, 1.165) is 64.2 Å². The molecule has 0 bridgehead atoms. The van der Waals surface area contributed by atoms with Gasteiger partial charge < -0.3 is 10.4 Å². The van der Waals surface area contributed by atoms with E-state index >= 15 is 0 Å². The fraction of sp³-hybridized carbons (Fsp3) is 0.579. The molecule has 0 amide bonds. The third-order valence-electron chi connectivity index (χ3n) is 5.40. The van der Waals surface area contributed by atoms with Gasteiger partial charge in [-0.3, -0.25) is 14.6 Å². The number of aliphatic hydroxyl groups is 1. The van der Waals surface area contributed by atoms with Crippen molar-refractivity contribution in [2.75, 3.05) is 19.6 Å². The van der Waals surface area contributed by atoms with Crippen molar-refractivity contribution in [1.29, 1.82) is 0 Å². The summed E-state index contributed by atoms with van der Waals surface area (Å²) in [6.07, 6.45) is 4.47. The number of aliphatic hydroxyl groups excluding tert-OH is 1. The maximum Gasteiger partial charge on any atom is 0.0988 e. The van der Waals surface area contributed by atoms with Crippen LogP contribution in [0.15, 0.2) is 30.5 Å². The molecule has 1 fully saturated rings. The monoisotopic (exact) mass is 341 g/mol. The molecule has 0 radical (unpaired) electrons. The molecule has 0 spiro atoms. The maximum atomic E-state index is 10.6. The van der Waals surface area contributed by atoms with E-state index in [1.54, 1.807) is 6.20 Å². The average molecular weight is 341 g/mol. The van der Waals surface area contributed by atoms with Crippen molar-refractivity contribution < 1.29 is 5.11 Å². The standard InChI is InChI=1S/C19H27N5O/c25-19(18-4-1-2-8-21-18)15-5-10-23(11-6-15)14-16-12-17-13-20-7-3-9-24(17)22-16/h1-2,4,8,12,15,19-20,25H,3,5-7,9-11,13-14H2/t19-/m0/s1. The smallest absolute Gasteiger partial charge is 0.0988 e. The quantitative estimate of drug-likeness (QED) is 0.886. The van der Waals surface area contributed by atoms with E-state index in [-0.39, 0.29) is 0 Å². The van der Waals surface area contributed by atoms with E-state index in [1.807, 2.05) is 18.2 Å². The van der Waals surface area contributed by atoms with Gasteiger partial charge in [0.15, 0.2) is 0 Å². The van der Waals surface area contributed by atoms with E-state index in [9.17, 15) is 5.11 Å². The molecule has 0 saturated carbocycles. The van der Waals surface area contributed by atoms with Crippen molar-refractivity contribution >= 4 is 0 Å². The molecule has 4 heterocycles. The van der Waals surface area contributed by atoms with E-state index in [2.05, 4.69) is 25.9 Å². The van der Waals surface area contributed by atoms with Crippen LogP contribution >= 0.6 is 0 Å². The Morgan fingerprint density at radius 3 is 2.92 bits per heavy atom. The Bertz CT molecular complexity index is 655. The van der Waals surface area contributed by atoms with Crippen LogP contribution in [0.25, 0.3) is 0 Å². The molecule has 2 aromatic rings. The van der Waals surface area contributed by atoms with Gasteiger partial charge in [-0.25, -0.2) is 0 Å². The van der Waals surface area contributed by atoms with E-state index in [4.69, 9.17) is 5.10 Å². The van der Waals surface area contributed by atoms with E-state index in [1.165, 1.54) is 11.4 Å². The van der Waals surface area contributed by atoms with Crippen LogP contribution in [0.2, 0.25) is 0 Å². The molecular weight excluding hydrogens is 314 g/mol. The lowest BCUT2D eigenvalue weighted by Gasteiger charge is -2.33. The normalized spacial score (nSPS) is 20.8. The highest BCUT2D eigenvalue weighted by molar-refractivity contribution is 5.12. The van der Waals surface area contributed by atoms with Crippen LogP contribution in [0.4, 0.5) is 0 Å². The molecule has 6 heteroatoms. The van der Waals surface area contributed by atoms with E-state index < -0.39 is 6.10 Å². The zero-order chi connectivity index (χ0) is 17.1. The predicted octanol–water partition coefficient (Wildman–Crippen LogP) is 1.72. The van der Waals surface area contributed by atoms with Gasteiger partial charge in [-0.1, -0.05) is 6.07 Å². The zero-order valence-electron chi connectivity index (χ0n) is 14.6. The SMILES string of the molecule is O[C@H](c1ccccn1)C1CCN(Cc2cc3n(n2)CCCNC3)CC1. The van der Waals surface area contributed by atoms with Crippen LogP contribution in [0.3, 0.4) is 0 Å². The number of pyridine rings is 1. The lowest BCUT2D eigenvalue weighted by Crippen LogP contribution is -2.35. The van der Waals surface area contributed by atoms with Crippen molar-refractivity contribution in [3.63, 3.8) is 0 Å². The van der Waals surface area contributed by atoms with Gasteiger partial charge in [0.2, 0.25) is 0 Å². The third kappa shape index (κ3) is 3.92. The first-order valence-corrected chi connectivity index (χ1v) is 9.37. The minimum absolute atomic E-state index is 0.300. The molecule has 0 aromatic carbocycles. The molecule has 2 aromatic heterocycles. The first-order chi connectivity index (χ1) is 12.3. The Balaban J connectivity index is 1.32. The molecule has 1 saturated heterocycles. The van der Waals surface area contributed by atoms with E-state index in [0.29, 0.717) is 5.92 Å². The van der Waals surface area contributed by atoms with Gasteiger partial charge >= 0.3 is 0 Å². The van der Waals surface area contributed by atoms with Gasteiger partial charge in [0, 0.05) is 25.8 Å². The number of hydrogen-bond acceptors (Lipinski definition) is 5. The number of rotatable bonds is 4. The number of nitrogens with one attached hydrogen (secondary N) is 1. The summed E-state index contributed by atoms with van der Waals surface area (Å²) in [5.41, 5.74) is 3.27. The first kappa shape index (κ1) is 16.7. The lowest BCUT2D eigenvalue weighted by atomic mass is 9.89. The van der Waals surface area contributed by atoms with Gasteiger partial charge in [-0.15, -0.1) is 0 Å². The van der Waals surface area contributed by atoms with Crippen molar-refractivity contribution in [1.82, 2.24) is 25.0 Å². The Labute approximate surface area is 148 Å². The number of hydrogen-bond donors (Lipinski definition) is 2. The number of fused-ring (bicyclic) bond motifs is 1. The van der Waals surface area contributed by atoms with Crippen LogP contribution in [-0.2, 0) is 19.6 Å². The average Bonchev–Trinajstić information content (AvgIpc) is 2.90. The molecule has 134 valence electrons. The van der Waals surface area contributed by atoms with Gasteiger partial charge in [0.25, 0.3) is 0 Å². The lowest BCUT2D eigenvalue weighted by molar-refractivity contribution is 0.0536. The predicted molar refractivity (Wildman–Crippen MR) is 95.7 cm³/mol. The second-order valence-corrected chi connectivity index (χ2v) is 7.19. The van der Waals surface area contributed by atoms with Gasteiger partial charge in [-0.2, -0.15) is 5.10 Å². The van der Waals surface area contributed by atoms with Gasteiger partial charge in [0.05, 0.1) is 23.2 Å². The fourth-order valence-corrected chi connectivity index (χ4v) is 3.95. The van der Waals surface area contributed by atoms with Crippen molar-refractivity contribution in [3.05, 3.63) is 47.5 Å². The summed E-state index contributed by atoms with van der Waals surface area (Å²) in [5, 5.41) is 18.8. The summed E-state index contributed by atoms with van der Waals surface area (Å²) in [6, 6.07) is 8.00. The maximum absolute atomic E-state index is 10.6. The van der Waals surface area contributed by atoms with Gasteiger partial charge in [-0.05, 0) is 63.0 Å². The Kier molecular flexibility index (Phi) is 5.10. The number of aromatic nitrogens is 3. The molecule has 2 aliphatic rings. The topological polar surface area (TPSA) is 66.2 Å². The van der Waals surface area contributed by atoms with Crippen molar-refractivity contribution in [3.8, 4) is 0 Å². The van der Waals surface area contributed by atoms with Crippen LogP contribution < -0.4 is 5.32 Å². The molecule has 1 atom stereocenters. The highest BCUT2D eigenvalue weighted by atomic mass is 16.3. The molecule has 2 N–H and O–H groups in total. The summed E-state index contributed by atoms with van der Waals surface area (Å²) < 4.78 is 2.16. The largest absolute Gasteiger partial charge is 0.387 e. The molecule has 6 nitrogen and oxygen atoms in total. The van der Waals surface area contributed by atoms with Crippen LogP contribution in [0, 0.1) is 5.92 Å². The molecule has 4 rings (SSSR count). The summed E-state index contributed by atoms with van der Waals surface area (Å²) in [6.45, 7) is 5.94. The highest BCUT2D eigenvalue weighted by Gasteiger charge is 2.27. The minimum Gasteiger partial charge on any atom is -0.387 e. The van der Waals surface area contributed by atoms with Gasteiger partial charge in [0.1, 0.15) is 0 Å². The second-order valence-electron chi connectivity index (χ2n) is 7.19. The molecule has 25 heavy (non-hydrogen) atoms. The molecule has 0 unspecified atom stereocenters. The van der Waals surface area contributed by atoms with Crippen LogP contribution in [0.5, 0.6) is 0 Å². The minimum atomic E-state index is -0.446. The third-order valence-corrected chi connectivity index (χ3v) is 5.40. The fourth-order valence-electron chi connectivity index (χ4n) is 3.95. The summed E-state index contributed by atoms with van der Waals surface area (Å²) in [7, 11) is 0. The summed E-state index contributed by atoms with van der Waals surface area (Å²) in [4.78, 5) is 6.76. The molecule has 0 aliphatic carbocycles. The Morgan fingerprint density at radius 1 is 1.24 bits per heavy atom. The Hall–Kier alpha value is -1.76. The van der Waals surface area contributed by atoms with Crippen molar-refractivity contribution in [2.24, 2.45) is 5.92 Å². The zero-order valence-corrected chi connectivity index (χ0v) is 14.6. The number of likely N-dealkylation sites (tertiary alicyclic amines) is 1. The summed E-state index contributed by atoms with van der Waals surface area (Å²) in [5.74, 6) is 0.300. The second kappa shape index (κ2) is 7.64.